The van der Waals surface area contributed by atoms with Gasteiger partial charge in [-0.2, -0.15) is 0 Å². The molecular formula is C49H53F2I3N8O11. The summed E-state index contributed by atoms with van der Waals surface area (Å²) in [6.45, 7) is 6.72. The lowest BCUT2D eigenvalue weighted by atomic mass is 10.1. The average molecular weight is 1350 g/mol. The number of nitrogens with one attached hydrogen (secondary N) is 1. The number of likely N-dealkylation sites (N-methyl/N-ethyl adjacent to an activating group) is 2. The maximum absolute atomic E-state index is 14.6. The van der Waals surface area contributed by atoms with Gasteiger partial charge in [-0.15, -0.1) is 0 Å². The molecule has 0 aliphatic carbocycles. The molecule has 10 rings (SSSR count). The number of pyridine rings is 2. The number of anilines is 4. The quantitative estimate of drug-likeness (QED) is 0.0645. The number of ether oxygens (including phenoxy) is 4. The molecule has 2 aromatic heterocycles. The van der Waals surface area contributed by atoms with E-state index in [1.807, 2.05) is 11.9 Å². The third-order valence-corrected chi connectivity index (χ3v) is 12.2. The van der Waals surface area contributed by atoms with Crippen LogP contribution in [-0.2, 0) is 60.9 Å². The third kappa shape index (κ3) is 13.4. The van der Waals surface area contributed by atoms with Crippen LogP contribution in [0.2, 0.25) is 0 Å². The van der Waals surface area contributed by atoms with E-state index in [-0.39, 0.29) is 86.0 Å². The van der Waals surface area contributed by atoms with Crippen molar-refractivity contribution >= 4 is 125 Å². The van der Waals surface area contributed by atoms with Gasteiger partial charge >= 0.3 is 12.2 Å². The summed E-state index contributed by atoms with van der Waals surface area (Å²) in [6, 6.07) is 12.7. The molecule has 2 aromatic carbocycles. The van der Waals surface area contributed by atoms with E-state index in [0.29, 0.717) is 116 Å². The van der Waals surface area contributed by atoms with Gasteiger partial charge < -0.3 is 39.8 Å². The van der Waals surface area contributed by atoms with Crippen LogP contribution in [-0.4, -0.2) is 121 Å². The highest BCUT2D eigenvalue weighted by molar-refractivity contribution is 15.0. The first kappa shape index (κ1) is 57.1. The fourth-order valence-corrected chi connectivity index (χ4v) is 8.89. The predicted octanol–water partition coefficient (Wildman–Crippen LogP) is 6.77. The Balaban J connectivity index is 0.000000189. The summed E-state index contributed by atoms with van der Waals surface area (Å²) < 4.78 is 49.2. The van der Waals surface area contributed by atoms with Crippen LogP contribution < -0.4 is 40.1 Å². The number of nitrogens with zero attached hydrogens (tertiary/aromatic N) is 6. The summed E-state index contributed by atoms with van der Waals surface area (Å²) in [7, 11) is 0. The van der Waals surface area contributed by atoms with Crippen molar-refractivity contribution in [2.75, 3.05) is 77.0 Å². The largest absolute Gasteiger partial charge is 0.484 e. The third-order valence-electron chi connectivity index (χ3n) is 12.2. The average Bonchev–Trinajstić information content (AvgIpc) is 4.15. The van der Waals surface area contributed by atoms with Crippen molar-refractivity contribution < 1.29 is 61.3 Å². The molecule has 0 spiro atoms. The molecule has 24 heteroatoms. The van der Waals surface area contributed by atoms with Gasteiger partial charge in [-0.1, -0.05) is 34.7 Å². The van der Waals surface area contributed by atoms with Crippen molar-refractivity contribution in [2.45, 2.75) is 71.1 Å². The van der Waals surface area contributed by atoms with Crippen molar-refractivity contribution in [1.29, 1.82) is 0 Å². The van der Waals surface area contributed by atoms with Gasteiger partial charge in [-0.3, -0.25) is 33.8 Å². The number of fused-ring (bicyclic) bond motifs is 4. The van der Waals surface area contributed by atoms with E-state index in [4.69, 9.17) is 24.7 Å². The molecule has 2 unspecified atom stereocenters. The van der Waals surface area contributed by atoms with E-state index in [0.717, 1.165) is 11.1 Å². The fourth-order valence-electron chi connectivity index (χ4n) is 8.89. The van der Waals surface area contributed by atoms with Crippen LogP contribution in [0.3, 0.4) is 0 Å². The Morgan fingerprint density at radius 2 is 1.16 bits per heavy atom. The van der Waals surface area contributed by atoms with Crippen molar-refractivity contribution in [3.05, 3.63) is 93.8 Å². The Bertz CT molecular complexity index is 2740. The predicted molar refractivity (Wildman–Crippen MR) is 292 cm³/mol. The Morgan fingerprint density at radius 1 is 0.685 bits per heavy atom. The van der Waals surface area contributed by atoms with Crippen molar-refractivity contribution in [1.82, 2.24) is 15.3 Å². The number of cyclic esters (lactones) is 2. The van der Waals surface area contributed by atoms with Crippen LogP contribution in [0.25, 0.3) is 0 Å². The molecule has 3 N–H and O–H groups in total. The minimum atomic E-state index is -0.572. The maximum atomic E-state index is 14.6. The lowest BCUT2D eigenvalue weighted by molar-refractivity contribution is -0.122. The minimum absolute atomic E-state index is 0.0137. The second-order valence-electron chi connectivity index (χ2n) is 16.8. The number of hydrogen-bond acceptors (Lipinski definition) is 15. The minimum Gasteiger partial charge on any atom is -0.484 e. The lowest BCUT2D eigenvalue weighted by Crippen LogP contribution is -2.29. The van der Waals surface area contributed by atoms with Crippen molar-refractivity contribution in [2.24, 2.45) is 5.73 Å². The molecule has 2 saturated heterocycles. The SMILES string of the molecule is CCN1C(=O)Cc2ccc(F)c(C=O)c21.CCN1C(=O)Cc2ccc(F)c(CNCCC3CN(c4ccc5c(n4)CC(=O)CO5)C(=O)O3)c21.CI.II.NCCC1CN(c2ccc3c(n2)CC(=O)CO3)C(=O)O1. The number of halogens is 5. The molecule has 0 saturated carbocycles. The Kier molecular flexibility index (Phi) is 21.0. The van der Waals surface area contributed by atoms with Gasteiger partial charge in [-0.05, 0) is 92.2 Å². The monoisotopic (exact) mass is 1350 g/mol. The topological polar surface area (TPSA) is 233 Å². The van der Waals surface area contributed by atoms with Crippen molar-refractivity contribution in [3.8, 4) is 11.5 Å². The highest BCUT2D eigenvalue weighted by Gasteiger charge is 2.36. The van der Waals surface area contributed by atoms with Crippen LogP contribution in [0.5, 0.6) is 11.5 Å². The number of aldehydes is 1. The summed E-state index contributed by atoms with van der Waals surface area (Å²) in [4.78, 5) is 98.4. The first-order valence-electron chi connectivity index (χ1n) is 23.2. The number of rotatable bonds is 12. The Hall–Kier alpha value is -5.20. The first-order chi connectivity index (χ1) is 35.3. The molecule has 6 aliphatic heterocycles. The number of carbonyl (C=O) groups is 7. The molecule has 8 heterocycles. The zero-order valence-electron chi connectivity index (χ0n) is 40.1. The van der Waals surface area contributed by atoms with Crippen LogP contribution >= 0.6 is 59.8 Å². The summed E-state index contributed by atoms with van der Waals surface area (Å²) >= 11 is 6.39. The van der Waals surface area contributed by atoms with Gasteiger partial charge in [0.1, 0.15) is 60.2 Å². The molecule has 2 atom stereocenters. The van der Waals surface area contributed by atoms with E-state index in [2.05, 4.69) is 75.1 Å². The summed E-state index contributed by atoms with van der Waals surface area (Å²) in [5.74, 6) is 0.949. The number of nitrogens with two attached hydrogens (primary N) is 1. The van der Waals surface area contributed by atoms with E-state index in [1.165, 1.54) is 26.8 Å². The molecule has 390 valence electrons. The van der Waals surface area contributed by atoms with Gasteiger partial charge in [0.2, 0.25) is 11.8 Å². The molecule has 19 nitrogen and oxygen atoms in total. The number of benzene rings is 2. The summed E-state index contributed by atoms with van der Waals surface area (Å²) in [5.41, 5.74) is 9.69. The van der Waals surface area contributed by atoms with E-state index in [1.54, 1.807) is 48.2 Å². The first-order valence-corrected chi connectivity index (χ1v) is 31.6. The van der Waals surface area contributed by atoms with Gasteiger partial charge in [0, 0.05) is 62.4 Å². The summed E-state index contributed by atoms with van der Waals surface area (Å²) in [5, 5.41) is 3.22. The lowest BCUT2D eigenvalue weighted by Gasteiger charge is -2.20. The Labute approximate surface area is 457 Å². The number of hydrogen-bond donors (Lipinski definition) is 2. The number of aromatic nitrogens is 2. The van der Waals surface area contributed by atoms with Crippen LogP contribution in [0.1, 0.15) is 65.1 Å². The molecular weight excluding hydrogens is 1300 g/mol. The van der Waals surface area contributed by atoms with E-state index < -0.39 is 18.0 Å². The van der Waals surface area contributed by atoms with E-state index in [9.17, 15) is 42.3 Å². The molecule has 0 radical (unpaired) electrons. The fraction of sp³-hybridized carbons (Fsp3) is 0.408. The van der Waals surface area contributed by atoms with E-state index >= 15 is 0 Å². The number of carbonyl (C=O) groups excluding carboxylic acids is 7. The van der Waals surface area contributed by atoms with Gasteiger partial charge in [0.25, 0.3) is 0 Å². The number of amides is 4. The normalized spacial score (nSPS) is 17.9. The van der Waals surface area contributed by atoms with Gasteiger partial charge in [0.15, 0.2) is 17.9 Å². The highest BCUT2D eigenvalue weighted by atomic mass is 128. The molecule has 4 aromatic rings. The van der Waals surface area contributed by atoms with Gasteiger partial charge in [-0.25, -0.2) is 28.3 Å². The molecule has 4 amide bonds. The number of Topliss-reactive ketones (excluding diaryl/α,β-unsaturated/α-hetero) is 2. The maximum Gasteiger partial charge on any atom is 0.415 e. The molecule has 0 bridgehead atoms. The molecule has 73 heavy (non-hydrogen) atoms. The molecule has 6 aliphatic rings. The standard InChI is InChI=1S/C24H25FN4O5.C13H15N3O4.C11H10FNO2.CH3I.I2/c1-2-28-22(31)9-14-3-4-18(25)17(23(14)28)11-26-8-7-16-12-29(24(32)34-16)21-6-5-20-19(27-21)10-15(30)13-33-20;14-4-3-9-6-16(13(18)20-9)12-2-1-11-10(15-12)5-8(17)7-19-11;1-2-13-10(15)5-7-3-4-9(12)8(6-14)11(7)13;2*1-2/h3-6,16,26H,2,7-13H2,1H3;1-2,9H,3-7,14H2;3-4,6H,2,5H2,1H3;1H3;. The van der Waals surface area contributed by atoms with Crippen LogP contribution in [0.4, 0.5) is 41.4 Å². The smallest absolute Gasteiger partial charge is 0.415 e. The zero-order valence-corrected chi connectivity index (χ0v) is 46.6. The van der Waals surface area contributed by atoms with Crippen LogP contribution in [0, 0.1) is 11.6 Å². The zero-order chi connectivity index (χ0) is 52.9. The van der Waals surface area contributed by atoms with Gasteiger partial charge in [0.05, 0.1) is 67.1 Å². The van der Waals surface area contributed by atoms with Crippen molar-refractivity contribution in [3.63, 3.8) is 0 Å². The number of alkyl halides is 1. The summed E-state index contributed by atoms with van der Waals surface area (Å²) in [6.07, 6.45) is 1.10. The second kappa shape index (κ2) is 26.8. The van der Waals surface area contributed by atoms with Crippen LogP contribution in [0.15, 0.2) is 48.5 Å². The Morgan fingerprint density at radius 3 is 1.66 bits per heavy atom. The number of ketones is 2. The molecule has 2 fully saturated rings. The highest BCUT2D eigenvalue weighted by Crippen LogP contribution is 2.36. The second-order valence-corrected chi connectivity index (χ2v) is 16.8.